The van der Waals surface area contributed by atoms with E-state index in [9.17, 15) is 0 Å². The number of rotatable bonds is 4. The zero-order valence-corrected chi connectivity index (χ0v) is 10.9. The summed E-state index contributed by atoms with van der Waals surface area (Å²) in [5.74, 6) is 1.18. The van der Waals surface area contributed by atoms with Crippen LogP contribution in [0.4, 0.5) is 11.8 Å². The first-order valence-electron chi connectivity index (χ1n) is 5.93. The first-order valence-corrected chi connectivity index (χ1v) is 5.93. The molecule has 0 aliphatic carbocycles. The summed E-state index contributed by atoms with van der Waals surface area (Å²) in [6, 6.07) is 0. The molecule has 0 aromatic carbocycles. The molecule has 0 aliphatic heterocycles. The number of anilines is 2. The monoisotopic (exact) mass is 246 g/mol. The molecule has 96 valence electrons. The number of hydrogen-bond acceptors (Lipinski definition) is 5. The second-order valence-corrected chi connectivity index (χ2v) is 4.31. The van der Waals surface area contributed by atoms with Crippen LogP contribution < -0.4 is 10.6 Å². The molecule has 0 saturated carbocycles. The van der Waals surface area contributed by atoms with Crippen LogP contribution in [0.5, 0.6) is 0 Å². The van der Waals surface area contributed by atoms with E-state index in [-0.39, 0.29) is 0 Å². The van der Waals surface area contributed by atoms with Crippen molar-refractivity contribution in [3.63, 3.8) is 0 Å². The van der Waals surface area contributed by atoms with Crippen molar-refractivity contribution in [2.75, 3.05) is 17.7 Å². The largest absolute Gasteiger partial charge is 0.368 e. The van der Waals surface area contributed by atoms with Crippen molar-refractivity contribution >= 4 is 11.8 Å². The SMILES string of the molecule is CCc1cnc(N)nc1N(C)Cc1cn[nH]c1C. The van der Waals surface area contributed by atoms with Crippen LogP contribution in [-0.2, 0) is 13.0 Å². The second-order valence-electron chi connectivity index (χ2n) is 4.31. The smallest absolute Gasteiger partial charge is 0.221 e. The number of hydrogen-bond donors (Lipinski definition) is 2. The Morgan fingerprint density at radius 2 is 2.11 bits per heavy atom. The molecule has 0 atom stereocenters. The first kappa shape index (κ1) is 12.3. The Bertz CT molecular complexity index is 533. The van der Waals surface area contributed by atoms with E-state index >= 15 is 0 Å². The average Bonchev–Trinajstić information content (AvgIpc) is 2.75. The molecule has 2 aromatic rings. The zero-order valence-electron chi connectivity index (χ0n) is 10.9. The van der Waals surface area contributed by atoms with Crippen LogP contribution in [-0.4, -0.2) is 27.2 Å². The predicted molar refractivity (Wildman–Crippen MR) is 71.3 cm³/mol. The number of aryl methyl sites for hydroxylation is 2. The lowest BCUT2D eigenvalue weighted by molar-refractivity contribution is 0.868. The number of nitrogens with zero attached hydrogens (tertiary/aromatic N) is 4. The fourth-order valence-electron chi connectivity index (χ4n) is 1.86. The molecule has 3 N–H and O–H groups in total. The second kappa shape index (κ2) is 5.03. The van der Waals surface area contributed by atoms with Crippen molar-refractivity contribution in [3.05, 3.63) is 29.2 Å². The summed E-state index contributed by atoms with van der Waals surface area (Å²) in [6.45, 7) is 4.83. The van der Waals surface area contributed by atoms with E-state index in [1.54, 1.807) is 6.20 Å². The van der Waals surface area contributed by atoms with Crippen molar-refractivity contribution in [2.45, 2.75) is 26.8 Å². The van der Waals surface area contributed by atoms with Crippen molar-refractivity contribution in [3.8, 4) is 0 Å². The van der Waals surface area contributed by atoms with E-state index in [0.29, 0.717) is 5.95 Å². The van der Waals surface area contributed by atoms with Gasteiger partial charge in [0, 0.05) is 36.6 Å². The molecule has 2 rings (SSSR count). The summed E-state index contributed by atoms with van der Waals surface area (Å²) >= 11 is 0. The minimum absolute atomic E-state index is 0.304. The van der Waals surface area contributed by atoms with Crippen molar-refractivity contribution < 1.29 is 0 Å². The van der Waals surface area contributed by atoms with Gasteiger partial charge in [-0.05, 0) is 13.3 Å². The molecular weight excluding hydrogens is 228 g/mol. The third-order valence-corrected chi connectivity index (χ3v) is 2.94. The van der Waals surface area contributed by atoms with Gasteiger partial charge in [0.1, 0.15) is 5.82 Å². The number of aromatic amines is 1. The molecule has 6 nitrogen and oxygen atoms in total. The molecule has 18 heavy (non-hydrogen) atoms. The van der Waals surface area contributed by atoms with E-state index in [1.165, 1.54) is 0 Å². The summed E-state index contributed by atoms with van der Waals surface area (Å²) < 4.78 is 0. The lowest BCUT2D eigenvalue weighted by atomic mass is 10.2. The Morgan fingerprint density at radius 3 is 2.72 bits per heavy atom. The Kier molecular flexibility index (Phi) is 3.45. The quantitative estimate of drug-likeness (QED) is 0.849. The van der Waals surface area contributed by atoms with E-state index in [2.05, 4.69) is 32.0 Å². The summed E-state index contributed by atoms with van der Waals surface area (Å²) in [6.07, 6.45) is 4.50. The van der Waals surface area contributed by atoms with E-state index in [4.69, 9.17) is 5.73 Å². The molecule has 0 fully saturated rings. The normalized spacial score (nSPS) is 10.6. The minimum atomic E-state index is 0.304. The van der Waals surface area contributed by atoms with Gasteiger partial charge in [-0.2, -0.15) is 10.1 Å². The van der Waals surface area contributed by atoms with Crippen LogP contribution in [0.25, 0.3) is 0 Å². The zero-order chi connectivity index (χ0) is 13.1. The highest BCUT2D eigenvalue weighted by atomic mass is 15.2. The average molecular weight is 246 g/mol. The Hall–Kier alpha value is -2.11. The van der Waals surface area contributed by atoms with Gasteiger partial charge in [-0.3, -0.25) is 5.10 Å². The summed E-state index contributed by atoms with van der Waals surface area (Å²) in [5, 5.41) is 6.95. The van der Waals surface area contributed by atoms with Gasteiger partial charge in [-0.15, -0.1) is 0 Å². The molecule has 0 radical (unpaired) electrons. The molecule has 6 heteroatoms. The topological polar surface area (TPSA) is 83.7 Å². The maximum Gasteiger partial charge on any atom is 0.221 e. The van der Waals surface area contributed by atoms with Crippen LogP contribution in [0.15, 0.2) is 12.4 Å². The minimum Gasteiger partial charge on any atom is -0.368 e. The number of aromatic nitrogens is 4. The molecule has 2 heterocycles. The summed E-state index contributed by atoms with van der Waals surface area (Å²) in [7, 11) is 1.99. The maximum atomic E-state index is 5.66. The summed E-state index contributed by atoms with van der Waals surface area (Å²) in [5.41, 5.74) is 8.97. The van der Waals surface area contributed by atoms with Gasteiger partial charge >= 0.3 is 0 Å². The maximum absolute atomic E-state index is 5.66. The van der Waals surface area contributed by atoms with Crippen LogP contribution >= 0.6 is 0 Å². The predicted octanol–water partition coefficient (Wildman–Crippen LogP) is 1.29. The van der Waals surface area contributed by atoms with E-state index in [0.717, 1.165) is 35.6 Å². The highest BCUT2D eigenvalue weighted by molar-refractivity contribution is 5.48. The number of nitrogens with two attached hydrogens (primary N) is 1. The first-order chi connectivity index (χ1) is 8.61. The number of H-pyrrole nitrogens is 1. The van der Waals surface area contributed by atoms with Crippen LogP contribution in [0, 0.1) is 6.92 Å². The molecule has 0 bridgehead atoms. The lowest BCUT2D eigenvalue weighted by Crippen LogP contribution is -2.20. The van der Waals surface area contributed by atoms with Crippen molar-refractivity contribution in [1.29, 1.82) is 0 Å². The van der Waals surface area contributed by atoms with Gasteiger partial charge in [-0.25, -0.2) is 4.98 Å². The van der Waals surface area contributed by atoms with Crippen molar-refractivity contribution in [1.82, 2.24) is 20.2 Å². The standard InChI is InChI=1S/C12H18N6/c1-4-9-5-14-12(13)16-11(9)18(3)7-10-6-15-17-8(10)2/h5-6H,4,7H2,1-3H3,(H,15,17)(H2,13,14,16). The van der Waals surface area contributed by atoms with Gasteiger partial charge < -0.3 is 10.6 Å². The molecular formula is C12H18N6. The fraction of sp³-hybridized carbons (Fsp3) is 0.417. The fourth-order valence-corrected chi connectivity index (χ4v) is 1.86. The summed E-state index contributed by atoms with van der Waals surface area (Å²) in [4.78, 5) is 10.4. The molecule has 0 saturated heterocycles. The lowest BCUT2D eigenvalue weighted by Gasteiger charge is -2.20. The Morgan fingerprint density at radius 1 is 1.33 bits per heavy atom. The molecule has 2 aromatic heterocycles. The van der Waals surface area contributed by atoms with Gasteiger partial charge in [0.05, 0.1) is 6.20 Å². The molecule has 0 unspecified atom stereocenters. The molecule has 0 spiro atoms. The van der Waals surface area contributed by atoms with Gasteiger partial charge in [0.2, 0.25) is 5.95 Å². The van der Waals surface area contributed by atoms with Crippen LogP contribution in [0.3, 0.4) is 0 Å². The third kappa shape index (κ3) is 2.42. The third-order valence-electron chi connectivity index (χ3n) is 2.94. The van der Waals surface area contributed by atoms with Crippen molar-refractivity contribution in [2.24, 2.45) is 0 Å². The number of nitrogen functional groups attached to an aromatic ring is 1. The van der Waals surface area contributed by atoms with Gasteiger partial charge in [0.15, 0.2) is 0 Å². The van der Waals surface area contributed by atoms with E-state index < -0.39 is 0 Å². The highest BCUT2D eigenvalue weighted by Gasteiger charge is 2.11. The van der Waals surface area contributed by atoms with Gasteiger partial charge in [0.25, 0.3) is 0 Å². The number of nitrogens with one attached hydrogen (secondary N) is 1. The highest BCUT2D eigenvalue weighted by Crippen LogP contribution is 2.19. The van der Waals surface area contributed by atoms with E-state index in [1.807, 2.05) is 20.2 Å². The van der Waals surface area contributed by atoms with Crippen LogP contribution in [0.2, 0.25) is 0 Å². The Labute approximate surface area is 106 Å². The Balaban J connectivity index is 2.25. The molecule has 0 aliphatic rings. The van der Waals surface area contributed by atoms with Crippen LogP contribution in [0.1, 0.15) is 23.7 Å². The molecule has 0 amide bonds. The van der Waals surface area contributed by atoms with Gasteiger partial charge in [-0.1, -0.05) is 6.92 Å².